The first kappa shape index (κ1) is 21.3. The fraction of sp³-hybridized carbons (Fsp3) is 0.0909. The van der Waals surface area contributed by atoms with Gasteiger partial charge < -0.3 is 14.5 Å². The average molecular weight is 477 g/mol. The SMILES string of the molecule is O=C(Nc1cnn(Cc2ccc(Cl)cc2)c1)c1ccc(COc2ccc(Cl)cc2Cl)o1. The van der Waals surface area contributed by atoms with Crippen LogP contribution in [-0.4, -0.2) is 15.7 Å². The number of nitrogens with zero attached hydrogens (tertiary/aromatic N) is 2. The van der Waals surface area contributed by atoms with Crippen LogP contribution in [0.4, 0.5) is 5.69 Å². The molecule has 0 spiro atoms. The molecule has 0 bridgehead atoms. The Kier molecular flexibility index (Phi) is 6.51. The summed E-state index contributed by atoms with van der Waals surface area (Å²) >= 11 is 17.9. The van der Waals surface area contributed by atoms with Crippen LogP contribution in [0, 0.1) is 0 Å². The first-order valence-corrected chi connectivity index (χ1v) is 10.3. The van der Waals surface area contributed by atoms with Gasteiger partial charge in [0.05, 0.1) is 23.5 Å². The molecular weight excluding hydrogens is 461 g/mol. The third-order valence-corrected chi connectivity index (χ3v) is 5.08. The van der Waals surface area contributed by atoms with E-state index in [1.807, 2.05) is 24.3 Å². The van der Waals surface area contributed by atoms with Gasteiger partial charge in [0.15, 0.2) is 5.76 Å². The number of anilines is 1. The van der Waals surface area contributed by atoms with Crippen LogP contribution in [0.2, 0.25) is 15.1 Å². The topological polar surface area (TPSA) is 69.3 Å². The second-order valence-corrected chi connectivity index (χ2v) is 7.92. The molecule has 9 heteroatoms. The number of furan rings is 1. The van der Waals surface area contributed by atoms with E-state index >= 15 is 0 Å². The van der Waals surface area contributed by atoms with E-state index in [1.165, 1.54) is 0 Å². The number of benzene rings is 2. The molecule has 0 aliphatic rings. The molecule has 0 atom stereocenters. The van der Waals surface area contributed by atoms with Crippen LogP contribution in [0.15, 0.2) is 71.4 Å². The minimum atomic E-state index is -0.387. The van der Waals surface area contributed by atoms with Gasteiger partial charge in [0.2, 0.25) is 0 Å². The predicted octanol–water partition coefficient (Wildman–Crippen LogP) is 6.32. The zero-order valence-electron chi connectivity index (χ0n) is 16.0. The molecule has 0 saturated heterocycles. The van der Waals surface area contributed by atoms with E-state index in [-0.39, 0.29) is 18.3 Å². The van der Waals surface area contributed by atoms with E-state index in [4.69, 9.17) is 44.0 Å². The van der Waals surface area contributed by atoms with Gasteiger partial charge in [0, 0.05) is 16.2 Å². The molecule has 2 heterocycles. The largest absolute Gasteiger partial charge is 0.484 e. The molecule has 1 amide bonds. The lowest BCUT2D eigenvalue weighted by molar-refractivity contribution is 0.0992. The number of carbonyl (C=O) groups is 1. The number of rotatable bonds is 7. The van der Waals surface area contributed by atoms with Crippen LogP contribution in [0.1, 0.15) is 21.9 Å². The van der Waals surface area contributed by atoms with Crippen LogP contribution in [-0.2, 0) is 13.2 Å². The molecule has 0 aliphatic heterocycles. The molecule has 4 rings (SSSR count). The molecule has 0 unspecified atom stereocenters. The second-order valence-electron chi connectivity index (χ2n) is 6.64. The maximum Gasteiger partial charge on any atom is 0.291 e. The van der Waals surface area contributed by atoms with Crippen molar-refractivity contribution < 1.29 is 13.9 Å². The Balaban J connectivity index is 1.33. The van der Waals surface area contributed by atoms with E-state index in [0.29, 0.717) is 38.8 Å². The molecule has 4 aromatic rings. The maximum atomic E-state index is 12.5. The van der Waals surface area contributed by atoms with Gasteiger partial charge in [0.1, 0.15) is 18.1 Å². The fourth-order valence-corrected chi connectivity index (χ4v) is 3.39. The summed E-state index contributed by atoms with van der Waals surface area (Å²) in [5, 5.41) is 8.61. The van der Waals surface area contributed by atoms with Crippen molar-refractivity contribution in [3.05, 3.63) is 99.1 Å². The Morgan fingerprint density at radius 3 is 2.58 bits per heavy atom. The predicted molar refractivity (Wildman–Crippen MR) is 120 cm³/mol. The molecule has 0 radical (unpaired) electrons. The highest BCUT2D eigenvalue weighted by atomic mass is 35.5. The summed E-state index contributed by atoms with van der Waals surface area (Å²) in [4.78, 5) is 12.5. The smallest absolute Gasteiger partial charge is 0.291 e. The van der Waals surface area contributed by atoms with Crippen LogP contribution in [0.5, 0.6) is 5.75 Å². The normalized spacial score (nSPS) is 10.8. The summed E-state index contributed by atoms with van der Waals surface area (Å²) < 4.78 is 12.9. The van der Waals surface area contributed by atoms with E-state index in [2.05, 4.69) is 10.4 Å². The minimum absolute atomic E-state index is 0.119. The second kappa shape index (κ2) is 9.47. The van der Waals surface area contributed by atoms with Crippen molar-refractivity contribution in [1.82, 2.24) is 9.78 Å². The van der Waals surface area contributed by atoms with Crippen molar-refractivity contribution in [3.8, 4) is 5.75 Å². The number of aromatic nitrogens is 2. The van der Waals surface area contributed by atoms with Gasteiger partial charge in [-0.2, -0.15) is 5.10 Å². The lowest BCUT2D eigenvalue weighted by atomic mass is 10.2. The summed E-state index contributed by atoms with van der Waals surface area (Å²) in [7, 11) is 0. The fourth-order valence-electron chi connectivity index (χ4n) is 2.80. The summed E-state index contributed by atoms with van der Waals surface area (Å²) in [6.45, 7) is 0.677. The zero-order chi connectivity index (χ0) is 21.8. The van der Waals surface area contributed by atoms with Crippen molar-refractivity contribution in [2.75, 3.05) is 5.32 Å². The third-order valence-electron chi connectivity index (χ3n) is 4.30. The highest BCUT2D eigenvalue weighted by Crippen LogP contribution is 2.28. The van der Waals surface area contributed by atoms with Crippen LogP contribution < -0.4 is 10.1 Å². The third kappa shape index (κ3) is 5.61. The Labute approximate surface area is 193 Å². The van der Waals surface area contributed by atoms with Crippen molar-refractivity contribution in [2.24, 2.45) is 0 Å². The molecule has 2 aromatic heterocycles. The summed E-state index contributed by atoms with van der Waals surface area (Å²) in [6, 6.07) is 15.7. The van der Waals surface area contributed by atoms with Gasteiger partial charge in [-0.15, -0.1) is 0 Å². The molecule has 0 saturated carbocycles. The Hall–Kier alpha value is -2.93. The Morgan fingerprint density at radius 2 is 1.81 bits per heavy atom. The van der Waals surface area contributed by atoms with E-state index in [9.17, 15) is 4.79 Å². The molecule has 0 fully saturated rings. The van der Waals surface area contributed by atoms with Gasteiger partial charge >= 0.3 is 0 Å². The number of amides is 1. The first-order chi connectivity index (χ1) is 15.0. The average Bonchev–Trinajstić information content (AvgIpc) is 3.39. The minimum Gasteiger partial charge on any atom is -0.484 e. The van der Waals surface area contributed by atoms with Crippen molar-refractivity contribution in [3.63, 3.8) is 0 Å². The van der Waals surface area contributed by atoms with Crippen LogP contribution >= 0.6 is 34.8 Å². The van der Waals surface area contributed by atoms with Gasteiger partial charge in [-0.25, -0.2) is 0 Å². The summed E-state index contributed by atoms with van der Waals surface area (Å²) in [5.74, 6) is 0.726. The van der Waals surface area contributed by atoms with Gasteiger partial charge in [0.25, 0.3) is 5.91 Å². The monoisotopic (exact) mass is 475 g/mol. The van der Waals surface area contributed by atoms with Crippen molar-refractivity contribution in [2.45, 2.75) is 13.2 Å². The molecular formula is C22H16Cl3N3O3. The number of halogens is 3. The highest BCUT2D eigenvalue weighted by Gasteiger charge is 2.13. The molecule has 158 valence electrons. The van der Waals surface area contributed by atoms with Crippen molar-refractivity contribution >= 4 is 46.4 Å². The van der Waals surface area contributed by atoms with Crippen molar-refractivity contribution in [1.29, 1.82) is 0 Å². The van der Waals surface area contributed by atoms with Crippen LogP contribution in [0.25, 0.3) is 0 Å². The molecule has 1 N–H and O–H groups in total. The molecule has 0 aliphatic carbocycles. The molecule has 31 heavy (non-hydrogen) atoms. The number of carbonyl (C=O) groups excluding carboxylic acids is 1. The quantitative estimate of drug-likeness (QED) is 0.339. The first-order valence-electron chi connectivity index (χ1n) is 9.21. The summed E-state index contributed by atoms with van der Waals surface area (Å²) in [5.41, 5.74) is 1.60. The van der Waals surface area contributed by atoms with E-state index < -0.39 is 0 Å². The molecule has 6 nitrogen and oxygen atoms in total. The summed E-state index contributed by atoms with van der Waals surface area (Å²) in [6.07, 6.45) is 3.31. The zero-order valence-corrected chi connectivity index (χ0v) is 18.3. The van der Waals surface area contributed by atoms with Gasteiger partial charge in [-0.05, 0) is 48.0 Å². The maximum absolute atomic E-state index is 12.5. The highest BCUT2D eigenvalue weighted by molar-refractivity contribution is 6.35. The van der Waals surface area contributed by atoms with E-state index in [1.54, 1.807) is 47.4 Å². The van der Waals surface area contributed by atoms with Gasteiger partial charge in [-0.3, -0.25) is 9.48 Å². The number of ether oxygens (including phenoxy) is 1. The standard InChI is InChI=1S/C22H16Cl3N3O3/c23-15-3-1-14(2-4-15)11-28-12-17(10-26-28)27-22(29)21-8-6-18(31-21)13-30-20-7-5-16(24)9-19(20)25/h1-10,12H,11,13H2,(H,27,29). The van der Waals surface area contributed by atoms with Gasteiger partial charge in [-0.1, -0.05) is 46.9 Å². The number of nitrogens with one attached hydrogen (secondary N) is 1. The lowest BCUT2D eigenvalue weighted by Gasteiger charge is -2.06. The lowest BCUT2D eigenvalue weighted by Crippen LogP contribution is -2.10. The Morgan fingerprint density at radius 1 is 1.03 bits per heavy atom. The number of hydrogen-bond donors (Lipinski definition) is 1. The van der Waals surface area contributed by atoms with Crippen LogP contribution in [0.3, 0.4) is 0 Å². The van der Waals surface area contributed by atoms with E-state index in [0.717, 1.165) is 5.56 Å². The Bertz CT molecular complexity index is 1200. The number of hydrogen-bond acceptors (Lipinski definition) is 4. The molecule has 2 aromatic carbocycles.